The lowest BCUT2D eigenvalue weighted by molar-refractivity contribution is -0.124. The summed E-state index contributed by atoms with van der Waals surface area (Å²) >= 11 is 0. The van der Waals surface area contributed by atoms with E-state index in [9.17, 15) is 4.79 Å². The van der Waals surface area contributed by atoms with Crippen molar-refractivity contribution in [1.29, 1.82) is 0 Å². The summed E-state index contributed by atoms with van der Waals surface area (Å²) in [5.74, 6) is 2.36. The second kappa shape index (κ2) is 11.4. The van der Waals surface area contributed by atoms with Crippen LogP contribution < -0.4 is 14.8 Å². The molecule has 0 saturated carbocycles. The standard InChI is InChI=1S/C26H33N3O3/c1-5-10-20-13-14-23(24(17-20)31-4)32-16-9-8-15-29-22-12-7-6-11-21(22)28-25(29)18-27-26(30)19(2)3/h5-7,11-14,17,19H,1,8-10,15-16,18H2,2-4H3,(H,27,30). The number of nitrogens with one attached hydrogen (secondary N) is 1. The first-order valence-corrected chi connectivity index (χ1v) is 11.2. The fourth-order valence-corrected chi connectivity index (χ4v) is 3.56. The predicted molar refractivity (Wildman–Crippen MR) is 128 cm³/mol. The molecule has 2 aromatic carbocycles. The number of hydrogen-bond donors (Lipinski definition) is 1. The molecule has 0 unspecified atom stereocenters. The first-order chi connectivity index (χ1) is 15.5. The zero-order valence-corrected chi connectivity index (χ0v) is 19.3. The normalized spacial score (nSPS) is 11.0. The number of nitrogens with zero attached hydrogens (tertiary/aromatic N) is 2. The Balaban J connectivity index is 1.58. The van der Waals surface area contributed by atoms with E-state index in [2.05, 4.69) is 22.5 Å². The van der Waals surface area contributed by atoms with Gasteiger partial charge in [-0.25, -0.2) is 4.98 Å². The summed E-state index contributed by atoms with van der Waals surface area (Å²) in [5, 5.41) is 2.98. The van der Waals surface area contributed by atoms with Crippen molar-refractivity contribution in [2.45, 2.75) is 46.2 Å². The van der Waals surface area contributed by atoms with E-state index in [4.69, 9.17) is 14.5 Å². The van der Waals surface area contributed by atoms with Crippen LogP contribution in [0.15, 0.2) is 55.1 Å². The van der Waals surface area contributed by atoms with Crippen LogP contribution in [0, 0.1) is 5.92 Å². The summed E-state index contributed by atoms with van der Waals surface area (Å²) in [6.45, 7) is 9.40. The molecular weight excluding hydrogens is 402 g/mol. The van der Waals surface area contributed by atoms with E-state index in [1.807, 2.05) is 56.3 Å². The van der Waals surface area contributed by atoms with Gasteiger partial charge in [0.25, 0.3) is 0 Å². The number of imidazole rings is 1. The Labute approximate surface area is 190 Å². The number of methoxy groups -OCH3 is 1. The average Bonchev–Trinajstić information content (AvgIpc) is 3.15. The minimum atomic E-state index is -0.0483. The largest absolute Gasteiger partial charge is 0.493 e. The van der Waals surface area contributed by atoms with Gasteiger partial charge in [-0.3, -0.25) is 4.79 Å². The molecule has 1 aromatic heterocycles. The maximum Gasteiger partial charge on any atom is 0.222 e. The van der Waals surface area contributed by atoms with Gasteiger partial charge in [-0.05, 0) is 49.1 Å². The average molecular weight is 436 g/mol. The molecule has 3 rings (SSSR count). The van der Waals surface area contributed by atoms with Gasteiger partial charge in [-0.15, -0.1) is 6.58 Å². The number of unbranched alkanes of at least 4 members (excludes halogenated alkanes) is 1. The van der Waals surface area contributed by atoms with Gasteiger partial charge in [0.15, 0.2) is 11.5 Å². The molecule has 0 spiro atoms. The van der Waals surface area contributed by atoms with Gasteiger partial charge in [0.2, 0.25) is 5.91 Å². The van der Waals surface area contributed by atoms with Crippen LogP contribution in [0.25, 0.3) is 11.0 Å². The zero-order chi connectivity index (χ0) is 22.9. The first-order valence-electron chi connectivity index (χ1n) is 11.2. The van der Waals surface area contributed by atoms with Gasteiger partial charge in [0, 0.05) is 12.5 Å². The van der Waals surface area contributed by atoms with Crippen LogP contribution in [0.5, 0.6) is 11.5 Å². The van der Waals surface area contributed by atoms with Gasteiger partial charge in [-0.1, -0.05) is 38.1 Å². The highest BCUT2D eigenvalue weighted by atomic mass is 16.5. The molecule has 0 aliphatic carbocycles. The third-order valence-electron chi connectivity index (χ3n) is 5.32. The molecule has 170 valence electrons. The number of benzene rings is 2. The second-order valence-corrected chi connectivity index (χ2v) is 8.07. The minimum absolute atomic E-state index is 0.0325. The van der Waals surface area contributed by atoms with Crippen LogP contribution >= 0.6 is 0 Å². The van der Waals surface area contributed by atoms with Crippen molar-refractivity contribution in [3.8, 4) is 11.5 Å². The number of para-hydroxylation sites is 2. The number of ether oxygens (including phenoxy) is 2. The third-order valence-corrected chi connectivity index (χ3v) is 5.32. The number of amides is 1. The molecule has 6 nitrogen and oxygen atoms in total. The molecule has 0 fully saturated rings. The Morgan fingerprint density at radius 3 is 2.75 bits per heavy atom. The van der Waals surface area contributed by atoms with E-state index in [1.165, 1.54) is 0 Å². The van der Waals surface area contributed by atoms with Crippen LogP contribution in [-0.4, -0.2) is 29.2 Å². The van der Waals surface area contributed by atoms with E-state index >= 15 is 0 Å². The van der Waals surface area contributed by atoms with Crippen molar-refractivity contribution in [3.63, 3.8) is 0 Å². The Hall–Kier alpha value is -3.28. The van der Waals surface area contributed by atoms with Crippen molar-refractivity contribution in [2.24, 2.45) is 5.92 Å². The summed E-state index contributed by atoms with van der Waals surface area (Å²) in [4.78, 5) is 16.7. The molecule has 1 heterocycles. The van der Waals surface area contributed by atoms with Gasteiger partial charge in [-0.2, -0.15) is 0 Å². The number of carbonyl (C=O) groups is 1. The molecule has 3 aromatic rings. The Bertz CT molecular complexity index is 1060. The van der Waals surface area contributed by atoms with Gasteiger partial charge < -0.3 is 19.4 Å². The lowest BCUT2D eigenvalue weighted by Gasteiger charge is -2.13. The Morgan fingerprint density at radius 2 is 2.00 bits per heavy atom. The highest BCUT2D eigenvalue weighted by Gasteiger charge is 2.13. The van der Waals surface area contributed by atoms with Crippen LogP contribution in [0.2, 0.25) is 0 Å². The number of carbonyl (C=O) groups excluding carboxylic acids is 1. The number of aromatic nitrogens is 2. The molecule has 0 aliphatic heterocycles. The van der Waals surface area contributed by atoms with Crippen LogP contribution in [0.4, 0.5) is 0 Å². The van der Waals surface area contributed by atoms with Crippen molar-refractivity contribution < 1.29 is 14.3 Å². The van der Waals surface area contributed by atoms with Crippen molar-refractivity contribution in [3.05, 3.63) is 66.5 Å². The molecule has 1 amide bonds. The van der Waals surface area contributed by atoms with Crippen molar-refractivity contribution in [2.75, 3.05) is 13.7 Å². The summed E-state index contributed by atoms with van der Waals surface area (Å²) in [6, 6.07) is 14.1. The molecule has 0 saturated heterocycles. The second-order valence-electron chi connectivity index (χ2n) is 8.07. The monoisotopic (exact) mass is 435 g/mol. The van der Waals surface area contributed by atoms with Crippen molar-refractivity contribution in [1.82, 2.24) is 14.9 Å². The van der Waals surface area contributed by atoms with E-state index in [-0.39, 0.29) is 11.8 Å². The maximum atomic E-state index is 12.0. The molecule has 0 atom stereocenters. The molecule has 0 aliphatic rings. The Morgan fingerprint density at radius 1 is 1.19 bits per heavy atom. The highest BCUT2D eigenvalue weighted by molar-refractivity contribution is 5.78. The molecule has 1 N–H and O–H groups in total. The molecule has 32 heavy (non-hydrogen) atoms. The number of aryl methyl sites for hydroxylation is 1. The SMILES string of the molecule is C=CCc1ccc(OCCCCn2c(CNC(=O)C(C)C)nc3ccccc32)c(OC)c1. The van der Waals surface area contributed by atoms with Crippen LogP contribution in [0.3, 0.4) is 0 Å². The number of allylic oxidation sites excluding steroid dienone is 1. The fourth-order valence-electron chi connectivity index (χ4n) is 3.56. The number of hydrogen-bond acceptors (Lipinski definition) is 4. The van der Waals surface area contributed by atoms with Gasteiger partial charge >= 0.3 is 0 Å². The van der Waals surface area contributed by atoms with Gasteiger partial charge in [0.1, 0.15) is 5.82 Å². The lowest BCUT2D eigenvalue weighted by atomic mass is 10.1. The van der Waals surface area contributed by atoms with E-state index in [0.29, 0.717) is 13.2 Å². The highest BCUT2D eigenvalue weighted by Crippen LogP contribution is 2.28. The molecule has 0 radical (unpaired) electrons. The zero-order valence-electron chi connectivity index (χ0n) is 19.3. The van der Waals surface area contributed by atoms with E-state index in [1.54, 1.807) is 7.11 Å². The smallest absolute Gasteiger partial charge is 0.222 e. The quantitative estimate of drug-likeness (QED) is 0.324. The number of fused-ring (bicyclic) bond motifs is 1. The number of rotatable bonds is 12. The van der Waals surface area contributed by atoms with E-state index in [0.717, 1.165) is 59.7 Å². The van der Waals surface area contributed by atoms with Gasteiger partial charge in [0.05, 0.1) is 31.3 Å². The van der Waals surface area contributed by atoms with Crippen molar-refractivity contribution >= 4 is 16.9 Å². The molecule has 0 bridgehead atoms. The summed E-state index contributed by atoms with van der Waals surface area (Å²) in [7, 11) is 1.66. The fraction of sp³-hybridized carbons (Fsp3) is 0.385. The summed E-state index contributed by atoms with van der Waals surface area (Å²) < 4.78 is 13.6. The topological polar surface area (TPSA) is 65.4 Å². The molecular formula is C26H33N3O3. The van der Waals surface area contributed by atoms with Crippen LogP contribution in [-0.2, 0) is 24.3 Å². The third kappa shape index (κ3) is 5.90. The first kappa shape index (κ1) is 23.4. The summed E-state index contributed by atoms with van der Waals surface area (Å²) in [5.41, 5.74) is 3.18. The Kier molecular flexibility index (Phi) is 8.31. The lowest BCUT2D eigenvalue weighted by Crippen LogP contribution is -2.28. The van der Waals surface area contributed by atoms with E-state index < -0.39 is 0 Å². The molecule has 6 heteroatoms. The predicted octanol–water partition coefficient (Wildman–Crippen LogP) is 4.90. The maximum absolute atomic E-state index is 12.0. The minimum Gasteiger partial charge on any atom is -0.493 e. The van der Waals surface area contributed by atoms with Crippen LogP contribution in [0.1, 0.15) is 38.1 Å². The summed E-state index contributed by atoms with van der Waals surface area (Å²) in [6.07, 6.45) is 4.50.